The molecule has 22 heavy (non-hydrogen) atoms. The number of nitrogens with zero attached hydrogens (tertiary/aromatic N) is 1. The second kappa shape index (κ2) is 6.62. The van der Waals surface area contributed by atoms with Crippen molar-refractivity contribution in [1.29, 1.82) is 0 Å². The molecule has 0 saturated heterocycles. The Hall–Kier alpha value is -0.390. The van der Waals surface area contributed by atoms with Gasteiger partial charge < -0.3 is 24.0 Å². The van der Waals surface area contributed by atoms with Crippen LogP contribution in [0.2, 0.25) is 0 Å². The van der Waals surface area contributed by atoms with E-state index in [1.165, 1.54) is 51.5 Å². The summed E-state index contributed by atoms with van der Waals surface area (Å²) in [4.78, 5) is 0. The average Bonchev–Trinajstić information content (AvgIpc) is 2.66. The Morgan fingerprint density at radius 2 is 1.77 bits per heavy atom. The van der Waals surface area contributed by atoms with Crippen molar-refractivity contribution < 1.29 is 24.0 Å². The zero-order valence-electron chi connectivity index (χ0n) is 13.7. The largest absolute Gasteiger partial charge is 1.00 e. The fourth-order valence-corrected chi connectivity index (χ4v) is 3.95. The number of quaternary nitrogens is 1. The van der Waals surface area contributed by atoms with Gasteiger partial charge in [-0.2, -0.15) is 0 Å². The number of hydrogen-bond donors (Lipinski definition) is 0. The topological polar surface area (TPSA) is 0 Å². The highest BCUT2D eigenvalue weighted by molar-refractivity contribution is 9.10. The highest BCUT2D eigenvalue weighted by atomic mass is 127. The molecule has 2 aromatic rings. The summed E-state index contributed by atoms with van der Waals surface area (Å²) in [6, 6.07) is 11.1. The van der Waals surface area contributed by atoms with Crippen LogP contribution >= 0.6 is 15.9 Å². The molecule has 0 saturated carbocycles. The Labute approximate surface area is 159 Å². The van der Waals surface area contributed by atoms with E-state index in [9.17, 15) is 0 Å². The molecular weight excluding hydrogens is 449 g/mol. The van der Waals surface area contributed by atoms with E-state index in [1.807, 2.05) is 0 Å². The fourth-order valence-electron chi connectivity index (χ4n) is 3.45. The molecule has 0 radical (unpaired) electrons. The van der Waals surface area contributed by atoms with E-state index in [-0.39, 0.29) is 24.0 Å². The molecule has 118 valence electrons. The highest BCUT2D eigenvalue weighted by Crippen LogP contribution is 2.48. The van der Waals surface area contributed by atoms with Gasteiger partial charge in [-0.3, -0.25) is 4.48 Å². The minimum atomic E-state index is 0. The monoisotopic (exact) mass is 471 g/mol. The zero-order chi connectivity index (χ0) is 15.2. The molecule has 0 unspecified atom stereocenters. The van der Waals surface area contributed by atoms with E-state index in [2.05, 4.69) is 74.2 Å². The van der Waals surface area contributed by atoms with Gasteiger partial charge in [0.25, 0.3) is 0 Å². The van der Waals surface area contributed by atoms with Crippen molar-refractivity contribution in [2.75, 3.05) is 14.1 Å². The molecule has 1 nitrogen and oxygen atoms in total. The van der Waals surface area contributed by atoms with Crippen LogP contribution in [-0.2, 0) is 0 Å². The summed E-state index contributed by atoms with van der Waals surface area (Å²) in [6.07, 6.45) is 3.69. The number of fused-ring (bicyclic) bond motifs is 3. The summed E-state index contributed by atoms with van der Waals surface area (Å²) in [7, 11) is 4.61. The molecule has 3 rings (SSSR count). The van der Waals surface area contributed by atoms with E-state index in [4.69, 9.17) is 0 Å². The summed E-state index contributed by atoms with van der Waals surface area (Å²) >= 11 is 3.70. The summed E-state index contributed by atoms with van der Waals surface area (Å²) < 4.78 is 2.07. The third kappa shape index (κ3) is 2.65. The maximum absolute atomic E-state index is 3.70. The lowest BCUT2D eigenvalue weighted by Gasteiger charge is -2.26. The molecular formula is C19H23BrIN. The van der Waals surface area contributed by atoms with E-state index >= 15 is 0 Å². The minimum absolute atomic E-state index is 0. The van der Waals surface area contributed by atoms with Crippen LogP contribution in [-0.4, -0.2) is 14.1 Å². The first kappa shape index (κ1) is 18.0. The number of unbranched alkanes of at least 4 members (excludes halogenated alkanes) is 1. The number of allylic oxidation sites excluding steroid dienone is 2. The van der Waals surface area contributed by atoms with Gasteiger partial charge in [0.1, 0.15) is 11.4 Å². The van der Waals surface area contributed by atoms with Gasteiger partial charge in [-0.05, 0) is 35.7 Å². The summed E-state index contributed by atoms with van der Waals surface area (Å²) in [5, 5.41) is 2.70. The Bertz CT molecular complexity index is 746. The number of rotatable bonds is 3. The van der Waals surface area contributed by atoms with Crippen LogP contribution in [0.5, 0.6) is 0 Å². The molecule has 3 heteroatoms. The standard InChI is InChI=1S/C19H23BrN.HI/c1-5-6-8-14-13(2)21(3,4)18-12-11-15-16(19(14)18)9-7-10-17(15)20;/h7,9-12H,5-6,8H2,1-4H3;1H/q+1;/p-1. The second-order valence-corrected chi connectivity index (χ2v) is 7.27. The average molecular weight is 472 g/mol. The van der Waals surface area contributed by atoms with Crippen molar-refractivity contribution in [2.24, 2.45) is 0 Å². The van der Waals surface area contributed by atoms with Crippen molar-refractivity contribution in [2.45, 2.75) is 33.1 Å². The lowest BCUT2D eigenvalue weighted by Crippen LogP contribution is -3.00. The van der Waals surface area contributed by atoms with Gasteiger partial charge in [0.15, 0.2) is 0 Å². The van der Waals surface area contributed by atoms with Crippen molar-refractivity contribution in [3.8, 4) is 0 Å². The molecule has 1 heterocycles. The maximum atomic E-state index is 3.70. The highest BCUT2D eigenvalue weighted by Gasteiger charge is 2.37. The lowest BCUT2D eigenvalue weighted by atomic mass is 9.94. The Kier molecular flexibility index (Phi) is 5.40. The quantitative estimate of drug-likeness (QED) is 0.476. The van der Waals surface area contributed by atoms with Gasteiger partial charge >= 0.3 is 0 Å². The van der Waals surface area contributed by atoms with Crippen LogP contribution in [0.1, 0.15) is 38.7 Å². The summed E-state index contributed by atoms with van der Waals surface area (Å²) in [6.45, 7) is 4.57. The molecule has 0 bridgehead atoms. The first-order valence-corrected chi connectivity index (χ1v) is 8.54. The zero-order valence-corrected chi connectivity index (χ0v) is 17.5. The Morgan fingerprint density at radius 3 is 2.45 bits per heavy atom. The summed E-state index contributed by atoms with van der Waals surface area (Å²) in [5.74, 6) is 0. The van der Waals surface area contributed by atoms with Gasteiger partial charge in [0.05, 0.1) is 19.7 Å². The van der Waals surface area contributed by atoms with E-state index in [0.29, 0.717) is 0 Å². The molecule has 0 amide bonds. The molecule has 1 aliphatic heterocycles. The molecule has 0 spiro atoms. The van der Waals surface area contributed by atoms with Crippen molar-refractivity contribution in [3.63, 3.8) is 0 Å². The number of halogens is 2. The molecule has 0 aromatic heterocycles. The Morgan fingerprint density at radius 1 is 1.05 bits per heavy atom. The predicted octanol–water partition coefficient (Wildman–Crippen LogP) is 3.11. The van der Waals surface area contributed by atoms with E-state index in [0.717, 1.165) is 4.48 Å². The molecule has 0 N–H and O–H groups in total. The maximum Gasteiger partial charge on any atom is 0.145 e. The third-order valence-corrected chi connectivity index (χ3v) is 5.64. The molecule has 2 aromatic carbocycles. The normalized spacial score (nSPS) is 15.9. The van der Waals surface area contributed by atoms with Crippen molar-refractivity contribution >= 4 is 38.0 Å². The van der Waals surface area contributed by atoms with Crippen molar-refractivity contribution in [3.05, 3.63) is 46.1 Å². The lowest BCUT2D eigenvalue weighted by molar-refractivity contribution is -0.00000426. The fraction of sp³-hybridized carbons (Fsp3) is 0.368. The molecule has 0 aliphatic carbocycles. The predicted molar refractivity (Wildman–Crippen MR) is 97.4 cm³/mol. The number of benzene rings is 2. The first-order valence-electron chi connectivity index (χ1n) is 7.75. The molecule has 0 fully saturated rings. The van der Waals surface area contributed by atoms with Crippen LogP contribution < -0.4 is 28.5 Å². The van der Waals surface area contributed by atoms with E-state index in [1.54, 1.807) is 5.57 Å². The first-order chi connectivity index (χ1) is 9.98. The SMILES string of the molecule is CCCCC1=C(C)[N+](C)(C)c2ccc3c(Br)cccc3c21.[I-]. The summed E-state index contributed by atoms with van der Waals surface area (Å²) in [5.41, 5.74) is 5.96. The van der Waals surface area contributed by atoms with Crippen LogP contribution in [0.3, 0.4) is 0 Å². The third-order valence-electron chi connectivity index (χ3n) is 4.95. The van der Waals surface area contributed by atoms with Crippen molar-refractivity contribution in [1.82, 2.24) is 4.48 Å². The van der Waals surface area contributed by atoms with Gasteiger partial charge in [0, 0.05) is 23.0 Å². The van der Waals surface area contributed by atoms with E-state index < -0.39 is 0 Å². The van der Waals surface area contributed by atoms with Crippen LogP contribution in [0.4, 0.5) is 5.69 Å². The minimum Gasteiger partial charge on any atom is -1.00 e. The van der Waals surface area contributed by atoms with Gasteiger partial charge in [-0.25, -0.2) is 0 Å². The number of hydrogen-bond acceptors (Lipinski definition) is 0. The molecule has 0 atom stereocenters. The van der Waals surface area contributed by atoms with Crippen LogP contribution in [0.15, 0.2) is 40.5 Å². The smallest absolute Gasteiger partial charge is 0.145 e. The van der Waals surface area contributed by atoms with Crippen LogP contribution in [0, 0.1) is 0 Å². The van der Waals surface area contributed by atoms with Crippen LogP contribution in [0.25, 0.3) is 16.3 Å². The Balaban J connectivity index is 0.00000176. The van der Waals surface area contributed by atoms with Gasteiger partial charge in [-0.1, -0.05) is 41.4 Å². The second-order valence-electron chi connectivity index (χ2n) is 6.42. The van der Waals surface area contributed by atoms with Gasteiger partial charge in [0.2, 0.25) is 0 Å². The van der Waals surface area contributed by atoms with Gasteiger partial charge in [-0.15, -0.1) is 0 Å². The molecule has 1 aliphatic rings.